The molecule has 0 unspecified atom stereocenters. The maximum Gasteiger partial charge on any atom is 0.0367 e. The summed E-state index contributed by atoms with van der Waals surface area (Å²) in [6, 6.07) is 5.91. The highest BCUT2D eigenvalue weighted by atomic mass is 79.9. The minimum absolute atomic E-state index is 0.427. The molecule has 1 aromatic rings. The number of azide groups is 1. The van der Waals surface area contributed by atoms with Crippen molar-refractivity contribution in [1.82, 2.24) is 0 Å². The van der Waals surface area contributed by atoms with Crippen LogP contribution in [0.15, 0.2) is 27.8 Å². The first kappa shape index (κ1) is 11.6. The first-order valence-electron chi connectivity index (χ1n) is 4.50. The van der Waals surface area contributed by atoms with Crippen molar-refractivity contribution in [3.63, 3.8) is 0 Å². The van der Waals surface area contributed by atoms with E-state index in [1.54, 1.807) is 0 Å². The van der Waals surface area contributed by atoms with Crippen LogP contribution in [0.25, 0.3) is 10.4 Å². The summed E-state index contributed by atoms with van der Waals surface area (Å²) in [5, 5.41) is 3.41. The molecule has 0 aromatic heterocycles. The number of hydrogen-bond donors (Lipinski definition) is 0. The van der Waals surface area contributed by atoms with Crippen molar-refractivity contribution in [3.05, 3.63) is 44.2 Å². The molecular formula is C11H10BrN3. The molecule has 76 valence electrons. The van der Waals surface area contributed by atoms with Gasteiger partial charge in [0, 0.05) is 27.9 Å². The largest absolute Gasteiger partial charge is 0.0978 e. The van der Waals surface area contributed by atoms with Crippen LogP contribution in [-0.2, 0) is 0 Å². The van der Waals surface area contributed by atoms with Crippen molar-refractivity contribution in [1.29, 1.82) is 0 Å². The van der Waals surface area contributed by atoms with Crippen LogP contribution in [0.5, 0.6) is 0 Å². The summed E-state index contributed by atoms with van der Waals surface area (Å²) in [7, 11) is 0. The molecule has 0 aliphatic heterocycles. The van der Waals surface area contributed by atoms with Crippen molar-refractivity contribution in [2.45, 2.75) is 13.3 Å². The third kappa shape index (κ3) is 3.67. The zero-order valence-electron chi connectivity index (χ0n) is 8.37. The second-order valence-electron chi connectivity index (χ2n) is 2.92. The lowest BCUT2D eigenvalue weighted by molar-refractivity contribution is 1.01. The fourth-order valence-corrected chi connectivity index (χ4v) is 1.42. The van der Waals surface area contributed by atoms with Crippen LogP contribution < -0.4 is 0 Å². The number of hydrogen-bond acceptors (Lipinski definition) is 1. The van der Waals surface area contributed by atoms with Crippen LogP contribution >= 0.6 is 15.9 Å². The lowest BCUT2D eigenvalue weighted by Gasteiger charge is -1.99. The number of halogens is 1. The van der Waals surface area contributed by atoms with Gasteiger partial charge in [0.2, 0.25) is 0 Å². The molecule has 0 heterocycles. The molecule has 0 aliphatic carbocycles. The van der Waals surface area contributed by atoms with Gasteiger partial charge in [-0.25, -0.2) is 0 Å². The highest BCUT2D eigenvalue weighted by Crippen LogP contribution is 2.18. The number of benzene rings is 1. The van der Waals surface area contributed by atoms with E-state index in [0.717, 1.165) is 15.6 Å². The van der Waals surface area contributed by atoms with Gasteiger partial charge in [-0.2, -0.15) is 0 Å². The molecule has 0 spiro atoms. The standard InChI is InChI=1S/C11H10BrN3/c1-9-10(6-4-7-11(9)12)5-2-3-8-14-15-13/h4,6-7H,3,8H2,1H3. The highest BCUT2D eigenvalue weighted by Gasteiger charge is 1.97. The quantitative estimate of drug-likeness (QED) is 0.256. The fourth-order valence-electron chi connectivity index (χ4n) is 1.05. The van der Waals surface area contributed by atoms with E-state index in [0.29, 0.717) is 13.0 Å². The third-order valence-corrected chi connectivity index (χ3v) is 2.75. The zero-order chi connectivity index (χ0) is 11.1. The lowest BCUT2D eigenvalue weighted by atomic mass is 10.1. The van der Waals surface area contributed by atoms with Gasteiger partial charge in [0.25, 0.3) is 0 Å². The Kier molecular flexibility index (Phi) is 4.76. The van der Waals surface area contributed by atoms with Gasteiger partial charge in [-0.05, 0) is 30.2 Å². The van der Waals surface area contributed by atoms with E-state index in [4.69, 9.17) is 5.53 Å². The predicted octanol–water partition coefficient (Wildman–Crippen LogP) is 3.81. The van der Waals surface area contributed by atoms with E-state index < -0.39 is 0 Å². The summed E-state index contributed by atoms with van der Waals surface area (Å²) in [5.41, 5.74) is 10.2. The van der Waals surface area contributed by atoms with E-state index in [1.165, 1.54) is 0 Å². The van der Waals surface area contributed by atoms with Crippen LogP contribution in [0.4, 0.5) is 0 Å². The second kappa shape index (κ2) is 6.13. The topological polar surface area (TPSA) is 48.8 Å². The minimum atomic E-state index is 0.427. The van der Waals surface area contributed by atoms with Crippen molar-refractivity contribution >= 4 is 15.9 Å². The first-order valence-corrected chi connectivity index (χ1v) is 5.30. The molecule has 15 heavy (non-hydrogen) atoms. The highest BCUT2D eigenvalue weighted by molar-refractivity contribution is 9.10. The Labute approximate surface area is 97.3 Å². The van der Waals surface area contributed by atoms with Crippen molar-refractivity contribution in [3.8, 4) is 11.8 Å². The van der Waals surface area contributed by atoms with Crippen LogP contribution in [0.3, 0.4) is 0 Å². The van der Waals surface area contributed by atoms with E-state index in [2.05, 4.69) is 37.8 Å². The zero-order valence-corrected chi connectivity index (χ0v) is 9.95. The maximum atomic E-state index is 8.07. The minimum Gasteiger partial charge on any atom is -0.0978 e. The molecule has 0 atom stereocenters. The summed E-state index contributed by atoms with van der Waals surface area (Å²) >= 11 is 3.45. The van der Waals surface area contributed by atoms with Crippen molar-refractivity contribution in [2.75, 3.05) is 6.54 Å². The maximum absolute atomic E-state index is 8.07. The Morgan fingerprint density at radius 2 is 2.33 bits per heavy atom. The SMILES string of the molecule is Cc1c(Br)cccc1C#CCCN=[N+]=[N-]. The molecule has 1 rings (SSSR count). The molecule has 0 aliphatic rings. The number of rotatable bonds is 2. The van der Waals surface area contributed by atoms with Crippen LogP contribution in [0, 0.1) is 18.8 Å². The summed E-state index contributed by atoms with van der Waals surface area (Å²) in [4.78, 5) is 2.66. The van der Waals surface area contributed by atoms with Gasteiger partial charge in [0.1, 0.15) is 0 Å². The molecular weight excluding hydrogens is 254 g/mol. The summed E-state index contributed by atoms with van der Waals surface area (Å²) in [6.07, 6.45) is 0.593. The summed E-state index contributed by atoms with van der Waals surface area (Å²) < 4.78 is 1.06. The second-order valence-corrected chi connectivity index (χ2v) is 3.77. The van der Waals surface area contributed by atoms with Crippen LogP contribution in [0.1, 0.15) is 17.5 Å². The van der Waals surface area contributed by atoms with Gasteiger partial charge in [-0.15, -0.1) is 0 Å². The van der Waals surface area contributed by atoms with E-state index >= 15 is 0 Å². The van der Waals surface area contributed by atoms with E-state index in [1.807, 2.05) is 25.1 Å². The Hall–Kier alpha value is -1.43. The van der Waals surface area contributed by atoms with E-state index in [9.17, 15) is 0 Å². The monoisotopic (exact) mass is 263 g/mol. The van der Waals surface area contributed by atoms with Gasteiger partial charge in [0.05, 0.1) is 0 Å². The van der Waals surface area contributed by atoms with Gasteiger partial charge in [-0.1, -0.05) is 39.0 Å². The van der Waals surface area contributed by atoms with Crippen LogP contribution in [0.2, 0.25) is 0 Å². The van der Waals surface area contributed by atoms with Gasteiger partial charge in [-0.3, -0.25) is 0 Å². The molecule has 0 saturated carbocycles. The summed E-state index contributed by atoms with van der Waals surface area (Å²) in [5.74, 6) is 6.02. The van der Waals surface area contributed by atoms with Gasteiger partial charge in [0.15, 0.2) is 0 Å². The molecule has 0 saturated heterocycles. The molecule has 4 heteroatoms. The molecule has 3 nitrogen and oxygen atoms in total. The Balaban J connectivity index is 2.71. The summed E-state index contributed by atoms with van der Waals surface area (Å²) in [6.45, 7) is 2.44. The molecule has 1 aromatic carbocycles. The third-order valence-electron chi connectivity index (χ3n) is 1.89. The van der Waals surface area contributed by atoms with Gasteiger partial charge < -0.3 is 0 Å². The molecule has 0 bridgehead atoms. The Morgan fingerprint density at radius 3 is 3.07 bits per heavy atom. The average Bonchev–Trinajstić information content (AvgIpc) is 2.24. The lowest BCUT2D eigenvalue weighted by Crippen LogP contribution is -1.83. The molecule has 0 N–H and O–H groups in total. The average molecular weight is 264 g/mol. The Morgan fingerprint density at radius 1 is 1.53 bits per heavy atom. The smallest absolute Gasteiger partial charge is 0.0367 e. The van der Waals surface area contributed by atoms with Crippen LogP contribution in [-0.4, -0.2) is 6.54 Å². The molecule has 0 amide bonds. The van der Waals surface area contributed by atoms with Crippen molar-refractivity contribution in [2.24, 2.45) is 5.11 Å². The van der Waals surface area contributed by atoms with Crippen molar-refractivity contribution < 1.29 is 0 Å². The first-order chi connectivity index (χ1) is 7.25. The Bertz CT molecular complexity index is 451. The van der Waals surface area contributed by atoms with Gasteiger partial charge >= 0.3 is 0 Å². The molecule has 0 fully saturated rings. The predicted molar refractivity (Wildman–Crippen MR) is 64.4 cm³/mol. The normalized spacial score (nSPS) is 8.67. The molecule has 0 radical (unpaired) electrons. The number of nitrogens with zero attached hydrogens (tertiary/aromatic N) is 3. The fraction of sp³-hybridized carbons (Fsp3) is 0.273. The van der Waals surface area contributed by atoms with E-state index in [-0.39, 0.29) is 0 Å².